The normalized spacial score (nSPS) is 11.4. The van der Waals surface area contributed by atoms with Crippen LogP contribution in [0.15, 0.2) is 57.9 Å². The minimum atomic E-state index is -3.80. The standard InChI is InChI=1S/C20H21N3O5S/c1-3-15-6-8-16(9-7-15)20-22-18(28-23-20)13-27-19(24)12-21-29(25,26)17-10-4-14(2)5-11-17/h4-11,21H,3,12-13H2,1-2H3. The van der Waals surface area contributed by atoms with Gasteiger partial charge in [0.1, 0.15) is 6.54 Å². The van der Waals surface area contributed by atoms with Gasteiger partial charge in [-0.05, 0) is 31.0 Å². The van der Waals surface area contributed by atoms with Crippen LogP contribution in [-0.4, -0.2) is 31.1 Å². The number of ether oxygens (including phenoxy) is 1. The predicted molar refractivity (Wildman–Crippen MR) is 105 cm³/mol. The maximum Gasteiger partial charge on any atom is 0.321 e. The summed E-state index contributed by atoms with van der Waals surface area (Å²) in [4.78, 5) is 16.1. The first-order valence-corrected chi connectivity index (χ1v) is 10.5. The van der Waals surface area contributed by atoms with Crippen molar-refractivity contribution in [1.82, 2.24) is 14.9 Å². The van der Waals surface area contributed by atoms with Crippen molar-refractivity contribution >= 4 is 16.0 Å². The van der Waals surface area contributed by atoms with E-state index in [-0.39, 0.29) is 17.4 Å². The average molecular weight is 415 g/mol. The molecule has 0 saturated heterocycles. The fourth-order valence-corrected chi connectivity index (χ4v) is 3.44. The van der Waals surface area contributed by atoms with Crippen LogP contribution in [0.4, 0.5) is 0 Å². The molecule has 152 valence electrons. The van der Waals surface area contributed by atoms with E-state index in [0.29, 0.717) is 5.82 Å². The second kappa shape index (κ2) is 8.97. The minimum Gasteiger partial charge on any atom is -0.455 e. The fourth-order valence-electron chi connectivity index (χ4n) is 2.47. The summed E-state index contributed by atoms with van der Waals surface area (Å²) < 4.78 is 36.6. The molecular weight excluding hydrogens is 394 g/mol. The van der Waals surface area contributed by atoms with Crippen LogP contribution < -0.4 is 4.72 Å². The SMILES string of the molecule is CCc1ccc(-c2noc(COC(=O)CNS(=O)(=O)c3ccc(C)cc3)n2)cc1. The molecule has 0 bridgehead atoms. The van der Waals surface area contributed by atoms with Crippen molar-refractivity contribution in [2.45, 2.75) is 31.8 Å². The molecule has 1 aromatic heterocycles. The Hall–Kier alpha value is -3.04. The molecule has 0 saturated carbocycles. The van der Waals surface area contributed by atoms with Crippen LogP contribution in [-0.2, 0) is 32.6 Å². The van der Waals surface area contributed by atoms with E-state index in [9.17, 15) is 13.2 Å². The maximum absolute atomic E-state index is 12.2. The van der Waals surface area contributed by atoms with Gasteiger partial charge in [0.25, 0.3) is 5.89 Å². The lowest BCUT2D eigenvalue weighted by Gasteiger charge is -2.06. The molecular formula is C20H21N3O5S. The van der Waals surface area contributed by atoms with Crippen LogP contribution in [0.3, 0.4) is 0 Å². The van der Waals surface area contributed by atoms with Crippen molar-refractivity contribution in [1.29, 1.82) is 0 Å². The zero-order valence-electron chi connectivity index (χ0n) is 16.1. The molecule has 0 aliphatic carbocycles. The molecule has 1 N–H and O–H groups in total. The molecule has 0 unspecified atom stereocenters. The molecule has 1 heterocycles. The van der Waals surface area contributed by atoms with Crippen molar-refractivity contribution in [2.75, 3.05) is 6.54 Å². The molecule has 0 spiro atoms. The van der Waals surface area contributed by atoms with Gasteiger partial charge in [-0.3, -0.25) is 4.79 Å². The highest BCUT2D eigenvalue weighted by molar-refractivity contribution is 7.89. The monoisotopic (exact) mass is 415 g/mol. The van der Waals surface area contributed by atoms with Gasteiger partial charge in [-0.2, -0.15) is 9.71 Å². The zero-order chi connectivity index (χ0) is 20.9. The molecule has 3 rings (SSSR count). The van der Waals surface area contributed by atoms with E-state index in [4.69, 9.17) is 9.26 Å². The summed E-state index contributed by atoms with van der Waals surface area (Å²) in [5.74, 6) is -0.249. The van der Waals surface area contributed by atoms with E-state index >= 15 is 0 Å². The number of rotatable bonds is 8. The third-order valence-electron chi connectivity index (χ3n) is 4.18. The number of hydrogen-bond acceptors (Lipinski definition) is 7. The zero-order valence-corrected chi connectivity index (χ0v) is 16.9. The Bertz CT molecular complexity index is 1070. The molecule has 0 fully saturated rings. The summed E-state index contributed by atoms with van der Waals surface area (Å²) in [6.07, 6.45) is 0.932. The molecule has 0 atom stereocenters. The maximum atomic E-state index is 12.2. The van der Waals surface area contributed by atoms with E-state index in [1.807, 2.05) is 31.2 Å². The second-order valence-corrected chi connectivity index (χ2v) is 8.13. The lowest BCUT2D eigenvalue weighted by Crippen LogP contribution is -2.30. The number of nitrogens with zero attached hydrogens (tertiary/aromatic N) is 2. The Balaban J connectivity index is 1.52. The molecule has 29 heavy (non-hydrogen) atoms. The molecule has 8 nitrogen and oxygen atoms in total. The Morgan fingerprint density at radius 3 is 2.45 bits per heavy atom. The number of sulfonamides is 1. The second-order valence-electron chi connectivity index (χ2n) is 6.36. The Labute approximate surface area is 169 Å². The van der Waals surface area contributed by atoms with Gasteiger partial charge in [0.15, 0.2) is 6.61 Å². The van der Waals surface area contributed by atoms with E-state index < -0.39 is 22.5 Å². The average Bonchev–Trinajstić information content (AvgIpc) is 3.20. The fraction of sp³-hybridized carbons (Fsp3) is 0.250. The number of carbonyl (C=O) groups is 1. The lowest BCUT2D eigenvalue weighted by molar-refractivity contribution is -0.144. The highest BCUT2D eigenvalue weighted by Gasteiger charge is 2.17. The Kier molecular flexibility index (Phi) is 6.40. The van der Waals surface area contributed by atoms with Gasteiger partial charge in [0.05, 0.1) is 4.90 Å². The lowest BCUT2D eigenvalue weighted by atomic mass is 10.1. The van der Waals surface area contributed by atoms with Crippen LogP contribution in [0.25, 0.3) is 11.4 Å². The topological polar surface area (TPSA) is 111 Å². The molecule has 3 aromatic rings. The number of nitrogens with one attached hydrogen (secondary N) is 1. The summed E-state index contributed by atoms with van der Waals surface area (Å²) in [7, 11) is -3.80. The van der Waals surface area contributed by atoms with E-state index in [1.54, 1.807) is 12.1 Å². The first kappa shape index (κ1) is 20.7. The van der Waals surface area contributed by atoms with Crippen LogP contribution in [0.5, 0.6) is 0 Å². The highest BCUT2D eigenvalue weighted by atomic mass is 32.2. The number of esters is 1. The van der Waals surface area contributed by atoms with Crippen LogP contribution in [0.2, 0.25) is 0 Å². The number of hydrogen-bond donors (Lipinski definition) is 1. The van der Waals surface area contributed by atoms with Crippen LogP contribution in [0, 0.1) is 6.92 Å². The summed E-state index contributed by atoms with van der Waals surface area (Å²) in [6.45, 7) is 3.17. The Morgan fingerprint density at radius 1 is 1.10 bits per heavy atom. The smallest absolute Gasteiger partial charge is 0.321 e. The number of aromatic nitrogens is 2. The van der Waals surface area contributed by atoms with E-state index in [1.165, 1.54) is 17.7 Å². The molecule has 2 aromatic carbocycles. The Morgan fingerprint density at radius 2 is 1.79 bits per heavy atom. The quantitative estimate of drug-likeness (QED) is 0.563. The highest BCUT2D eigenvalue weighted by Crippen LogP contribution is 2.17. The first-order chi connectivity index (χ1) is 13.9. The largest absolute Gasteiger partial charge is 0.455 e. The van der Waals surface area contributed by atoms with Crippen LogP contribution >= 0.6 is 0 Å². The van der Waals surface area contributed by atoms with E-state index in [2.05, 4.69) is 21.8 Å². The summed E-state index contributed by atoms with van der Waals surface area (Å²) in [6, 6.07) is 14.0. The molecule has 9 heteroatoms. The van der Waals surface area contributed by atoms with Gasteiger partial charge in [-0.1, -0.05) is 54.0 Å². The number of aryl methyl sites for hydroxylation is 2. The molecule has 0 aliphatic rings. The van der Waals surface area contributed by atoms with Gasteiger partial charge < -0.3 is 9.26 Å². The van der Waals surface area contributed by atoms with Crippen LogP contribution in [0.1, 0.15) is 23.9 Å². The summed E-state index contributed by atoms with van der Waals surface area (Å²) in [5.41, 5.74) is 2.91. The van der Waals surface area contributed by atoms with Crippen molar-refractivity contribution in [2.24, 2.45) is 0 Å². The van der Waals surface area contributed by atoms with Crippen molar-refractivity contribution in [3.63, 3.8) is 0 Å². The third-order valence-corrected chi connectivity index (χ3v) is 5.60. The minimum absolute atomic E-state index is 0.0755. The first-order valence-electron chi connectivity index (χ1n) is 9.01. The predicted octanol–water partition coefficient (Wildman–Crippen LogP) is 2.63. The van der Waals surface area contributed by atoms with Gasteiger partial charge >= 0.3 is 5.97 Å². The van der Waals surface area contributed by atoms with Gasteiger partial charge in [0.2, 0.25) is 15.8 Å². The molecule has 0 amide bonds. The van der Waals surface area contributed by atoms with Crippen molar-refractivity contribution in [3.05, 3.63) is 65.5 Å². The number of benzene rings is 2. The van der Waals surface area contributed by atoms with Gasteiger partial charge in [-0.25, -0.2) is 8.42 Å². The third kappa shape index (κ3) is 5.49. The summed E-state index contributed by atoms with van der Waals surface area (Å²) in [5, 5.41) is 3.86. The number of carbonyl (C=O) groups excluding carboxylic acids is 1. The van der Waals surface area contributed by atoms with Gasteiger partial charge in [0, 0.05) is 5.56 Å². The van der Waals surface area contributed by atoms with Crippen molar-refractivity contribution in [3.8, 4) is 11.4 Å². The molecule has 0 aliphatic heterocycles. The van der Waals surface area contributed by atoms with E-state index in [0.717, 1.165) is 17.5 Å². The molecule has 0 radical (unpaired) electrons. The summed E-state index contributed by atoms with van der Waals surface area (Å²) >= 11 is 0. The van der Waals surface area contributed by atoms with Crippen molar-refractivity contribution < 1.29 is 22.5 Å². The van der Waals surface area contributed by atoms with Gasteiger partial charge in [-0.15, -0.1) is 0 Å².